The van der Waals surface area contributed by atoms with Crippen LogP contribution in [0.2, 0.25) is 0 Å². The van der Waals surface area contributed by atoms with Crippen molar-refractivity contribution in [2.75, 3.05) is 13.1 Å². The molecule has 27 heavy (non-hydrogen) atoms. The second-order valence-electron chi connectivity index (χ2n) is 6.51. The van der Waals surface area contributed by atoms with Crippen LogP contribution in [-0.2, 0) is 14.8 Å². The summed E-state index contributed by atoms with van der Waals surface area (Å²) >= 11 is 0. The van der Waals surface area contributed by atoms with Gasteiger partial charge in [0.25, 0.3) is 0 Å². The molecule has 0 bridgehead atoms. The minimum atomic E-state index is -3.95. The lowest BCUT2D eigenvalue weighted by atomic mass is 10.0. The molecule has 0 aliphatic carbocycles. The highest BCUT2D eigenvalue weighted by atomic mass is 32.2. The summed E-state index contributed by atoms with van der Waals surface area (Å²) in [6, 6.07) is 10.7. The van der Waals surface area contributed by atoms with Crippen molar-refractivity contribution in [1.82, 2.24) is 19.6 Å². The Hall–Kier alpha value is -2.91. The number of carbonyl (C=O) groups excluding carboxylic acids is 1. The summed E-state index contributed by atoms with van der Waals surface area (Å²) in [6.45, 7) is 2.29. The van der Waals surface area contributed by atoms with Crippen LogP contribution in [0.1, 0.15) is 17.2 Å². The van der Waals surface area contributed by atoms with Crippen LogP contribution >= 0.6 is 0 Å². The minimum absolute atomic E-state index is 0.0256. The van der Waals surface area contributed by atoms with E-state index in [9.17, 15) is 18.0 Å². The Morgan fingerprint density at radius 3 is 2.59 bits per heavy atom. The highest BCUT2D eigenvalue weighted by Gasteiger charge is 2.39. The lowest BCUT2D eigenvalue weighted by Crippen LogP contribution is -2.52. The SMILES string of the molecule is Cc1cccc(C2C(=O)NCCN2S(=O)(=O)c2ccc3[nH]c(=O)[nH]c3c2)c1. The molecule has 1 unspecified atom stereocenters. The second kappa shape index (κ2) is 6.36. The van der Waals surface area contributed by atoms with Gasteiger partial charge in [-0.2, -0.15) is 4.31 Å². The van der Waals surface area contributed by atoms with Gasteiger partial charge in [-0.05, 0) is 30.7 Å². The van der Waals surface area contributed by atoms with Crippen molar-refractivity contribution in [2.45, 2.75) is 17.9 Å². The number of sulfonamides is 1. The van der Waals surface area contributed by atoms with E-state index in [1.807, 2.05) is 19.1 Å². The third kappa shape index (κ3) is 3.04. The van der Waals surface area contributed by atoms with Gasteiger partial charge in [-0.15, -0.1) is 0 Å². The molecule has 0 radical (unpaired) electrons. The van der Waals surface area contributed by atoms with E-state index < -0.39 is 21.8 Å². The van der Waals surface area contributed by atoms with Crippen LogP contribution in [0.4, 0.5) is 0 Å². The zero-order valence-electron chi connectivity index (χ0n) is 14.5. The fraction of sp³-hybridized carbons (Fsp3) is 0.222. The lowest BCUT2D eigenvalue weighted by molar-refractivity contribution is -0.126. The van der Waals surface area contributed by atoms with E-state index in [0.29, 0.717) is 16.6 Å². The molecule has 0 saturated carbocycles. The van der Waals surface area contributed by atoms with Gasteiger partial charge < -0.3 is 15.3 Å². The number of H-pyrrole nitrogens is 2. The van der Waals surface area contributed by atoms with Gasteiger partial charge in [0.1, 0.15) is 6.04 Å². The number of hydrogen-bond acceptors (Lipinski definition) is 4. The van der Waals surface area contributed by atoms with Crippen molar-refractivity contribution in [3.63, 3.8) is 0 Å². The summed E-state index contributed by atoms with van der Waals surface area (Å²) in [7, 11) is -3.95. The van der Waals surface area contributed by atoms with Gasteiger partial charge in [0, 0.05) is 13.1 Å². The molecule has 1 saturated heterocycles. The van der Waals surface area contributed by atoms with E-state index in [0.717, 1.165) is 5.56 Å². The Morgan fingerprint density at radius 1 is 1.04 bits per heavy atom. The molecule has 1 aliphatic heterocycles. The summed E-state index contributed by atoms with van der Waals surface area (Å²) in [5, 5.41) is 2.74. The topological polar surface area (TPSA) is 115 Å². The van der Waals surface area contributed by atoms with Crippen molar-refractivity contribution in [1.29, 1.82) is 0 Å². The minimum Gasteiger partial charge on any atom is -0.353 e. The molecule has 1 aliphatic rings. The Bertz CT molecular complexity index is 1200. The Kier molecular flexibility index (Phi) is 4.12. The number of nitrogens with zero attached hydrogens (tertiary/aromatic N) is 1. The number of rotatable bonds is 3. The predicted molar refractivity (Wildman–Crippen MR) is 99.7 cm³/mol. The molecule has 8 nitrogen and oxygen atoms in total. The maximum absolute atomic E-state index is 13.3. The summed E-state index contributed by atoms with van der Waals surface area (Å²) in [4.78, 5) is 29.1. The third-order valence-electron chi connectivity index (χ3n) is 4.62. The first-order valence-corrected chi connectivity index (χ1v) is 9.88. The van der Waals surface area contributed by atoms with Gasteiger partial charge in [-0.3, -0.25) is 4.79 Å². The van der Waals surface area contributed by atoms with Crippen LogP contribution in [-0.4, -0.2) is 41.7 Å². The number of aromatic amines is 2. The Labute approximate surface area is 155 Å². The first-order valence-electron chi connectivity index (χ1n) is 8.44. The van der Waals surface area contributed by atoms with Crippen molar-refractivity contribution >= 4 is 27.0 Å². The molecule has 9 heteroatoms. The zero-order chi connectivity index (χ0) is 19.2. The standard InChI is InChI=1S/C18H18N4O4S/c1-11-3-2-4-12(9-11)16-17(23)19-7-8-22(16)27(25,26)13-5-6-14-15(10-13)21-18(24)20-14/h2-6,9-10,16H,7-8H2,1H3,(H,19,23)(H2,20,21,24). The third-order valence-corrected chi connectivity index (χ3v) is 6.48. The molecule has 2 aromatic carbocycles. The van der Waals surface area contributed by atoms with Crippen LogP contribution in [0.25, 0.3) is 11.0 Å². The van der Waals surface area contributed by atoms with Gasteiger partial charge >= 0.3 is 5.69 Å². The molecule has 1 amide bonds. The number of fused-ring (bicyclic) bond motifs is 1. The molecule has 2 heterocycles. The predicted octanol–water partition coefficient (Wildman–Crippen LogP) is 1.03. The summed E-state index contributed by atoms with van der Waals surface area (Å²) in [5.74, 6) is -0.355. The molecule has 140 valence electrons. The summed E-state index contributed by atoms with van der Waals surface area (Å²) in [5.41, 5.74) is 2.07. The maximum atomic E-state index is 13.3. The van der Waals surface area contributed by atoms with Crippen LogP contribution in [0.3, 0.4) is 0 Å². The van der Waals surface area contributed by atoms with Crippen molar-refractivity contribution in [3.8, 4) is 0 Å². The van der Waals surface area contributed by atoms with Crippen molar-refractivity contribution in [3.05, 3.63) is 64.1 Å². The van der Waals surface area contributed by atoms with Crippen LogP contribution < -0.4 is 11.0 Å². The fourth-order valence-corrected chi connectivity index (χ4v) is 4.97. The van der Waals surface area contributed by atoms with Gasteiger partial charge in [-0.1, -0.05) is 29.8 Å². The first kappa shape index (κ1) is 17.5. The molecular weight excluding hydrogens is 368 g/mol. The lowest BCUT2D eigenvalue weighted by Gasteiger charge is -2.34. The molecule has 4 rings (SSSR count). The molecule has 0 spiro atoms. The molecule has 1 aromatic heterocycles. The monoisotopic (exact) mass is 386 g/mol. The van der Waals surface area contributed by atoms with E-state index in [-0.39, 0.29) is 23.9 Å². The molecule has 3 aromatic rings. The van der Waals surface area contributed by atoms with Crippen LogP contribution in [0.5, 0.6) is 0 Å². The molecule has 1 atom stereocenters. The number of carbonyl (C=O) groups is 1. The second-order valence-corrected chi connectivity index (χ2v) is 8.40. The highest BCUT2D eigenvalue weighted by molar-refractivity contribution is 7.89. The van der Waals surface area contributed by atoms with E-state index in [2.05, 4.69) is 15.3 Å². The van der Waals surface area contributed by atoms with Crippen LogP contribution in [0, 0.1) is 6.92 Å². The highest BCUT2D eigenvalue weighted by Crippen LogP contribution is 2.30. The molecular formula is C18H18N4O4S. The van der Waals surface area contributed by atoms with Crippen molar-refractivity contribution < 1.29 is 13.2 Å². The normalized spacial score (nSPS) is 18.6. The number of aryl methyl sites for hydroxylation is 1. The number of hydrogen-bond donors (Lipinski definition) is 3. The average Bonchev–Trinajstić information content (AvgIpc) is 3.00. The van der Waals surface area contributed by atoms with E-state index in [1.165, 1.54) is 22.5 Å². The maximum Gasteiger partial charge on any atom is 0.323 e. The van der Waals surface area contributed by atoms with Gasteiger partial charge in [0.05, 0.1) is 15.9 Å². The van der Waals surface area contributed by atoms with E-state index in [4.69, 9.17) is 0 Å². The van der Waals surface area contributed by atoms with Crippen molar-refractivity contribution in [2.24, 2.45) is 0 Å². The quantitative estimate of drug-likeness (QED) is 0.623. The summed E-state index contributed by atoms with van der Waals surface area (Å²) in [6.07, 6.45) is 0. The number of piperazine rings is 1. The Balaban J connectivity index is 1.81. The van der Waals surface area contributed by atoms with Gasteiger partial charge in [0.15, 0.2) is 0 Å². The van der Waals surface area contributed by atoms with Gasteiger partial charge in [0.2, 0.25) is 15.9 Å². The number of imidazole rings is 1. The fourth-order valence-electron chi connectivity index (χ4n) is 3.37. The largest absolute Gasteiger partial charge is 0.353 e. The van der Waals surface area contributed by atoms with E-state index in [1.54, 1.807) is 12.1 Å². The molecule has 3 N–H and O–H groups in total. The van der Waals surface area contributed by atoms with Crippen LogP contribution in [0.15, 0.2) is 52.2 Å². The van der Waals surface area contributed by atoms with E-state index >= 15 is 0 Å². The average molecular weight is 386 g/mol. The summed E-state index contributed by atoms with van der Waals surface area (Å²) < 4.78 is 27.8. The zero-order valence-corrected chi connectivity index (χ0v) is 15.3. The number of aromatic nitrogens is 2. The first-order chi connectivity index (χ1) is 12.9. The Morgan fingerprint density at radius 2 is 1.81 bits per heavy atom. The number of benzene rings is 2. The smallest absolute Gasteiger partial charge is 0.323 e. The molecule has 1 fully saturated rings. The number of nitrogens with one attached hydrogen (secondary N) is 3. The van der Waals surface area contributed by atoms with Gasteiger partial charge in [-0.25, -0.2) is 13.2 Å². The number of amides is 1.